The Morgan fingerprint density at radius 3 is 1.40 bits per heavy atom. The van der Waals surface area contributed by atoms with Gasteiger partial charge in [-0.05, 0) is 87.4 Å². The van der Waals surface area contributed by atoms with Gasteiger partial charge in [0.15, 0.2) is 0 Å². The maximum atomic E-state index is 7.09. The minimum absolute atomic E-state index is 0.891. The van der Waals surface area contributed by atoms with Crippen molar-refractivity contribution >= 4 is 113 Å². The molecule has 0 saturated heterocycles. The molecule has 0 N–H and O–H groups in total. The van der Waals surface area contributed by atoms with E-state index in [1.165, 1.54) is 56.5 Å². The molecule has 3 heterocycles. The predicted octanol–water partition coefficient (Wildman–Crippen LogP) is 17.9. The van der Waals surface area contributed by atoms with Gasteiger partial charge in [-0.2, -0.15) is 0 Å². The van der Waals surface area contributed by atoms with Gasteiger partial charge in [0.2, 0.25) is 0 Å². The van der Waals surface area contributed by atoms with Crippen molar-refractivity contribution in [3.8, 4) is 33.6 Å². The third-order valence-corrected chi connectivity index (χ3v) is 14.7. The zero-order valence-electron chi connectivity index (χ0n) is 33.4. The summed E-state index contributed by atoms with van der Waals surface area (Å²) in [5.74, 6) is 0.891. The molecule has 13 rings (SSSR count). The van der Waals surface area contributed by atoms with Crippen molar-refractivity contribution in [2.24, 2.45) is 0 Å². The Hall–Kier alpha value is -7.50. The molecule has 0 unspecified atom stereocenters. The van der Waals surface area contributed by atoms with E-state index in [1.54, 1.807) is 0 Å². The number of fused-ring (bicyclic) bond motifs is 12. The van der Waals surface area contributed by atoms with Crippen LogP contribution in [0.25, 0.3) is 106 Å². The second-order valence-electron chi connectivity index (χ2n) is 16.0. The van der Waals surface area contributed by atoms with E-state index in [0.717, 1.165) is 67.0 Å². The number of hydrogen-bond acceptors (Lipinski definition) is 4. The fourth-order valence-corrected chi connectivity index (χ4v) is 11.9. The van der Waals surface area contributed by atoms with Crippen LogP contribution in [-0.2, 0) is 0 Å². The largest absolute Gasteiger partial charge is 0.455 e. The van der Waals surface area contributed by atoms with Crippen LogP contribution in [0.5, 0.6) is 0 Å². The molecule has 0 saturated carbocycles. The van der Waals surface area contributed by atoms with E-state index in [1.807, 2.05) is 22.7 Å². The topological polar surface area (TPSA) is 16.4 Å². The first-order valence-corrected chi connectivity index (χ1v) is 22.6. The Bertz CT molecular complexity index is 3750. The molecule has 3 aromatic heterocycles. The lowest BCUT2D eigenvalue weighted by Gasteiger charge is -2.26. The molecule has 13 aromatic rings. The molecule has 4 heteroatoms. The lowest BCUT2D eigenvalue weighted by molar-refractivity contribution is 0.636. The van der Waals surface area contributed by atoms with Gasteiger partial charge < -0.3 is 9.32 Å². The fourth-order valence-electron chi connectivity index (χ4n) is 9.59. The highest BCUT2D eigenvalue weighted by molar-refractivity contribution is 7.26. The van der Waals surface area contributed by atoms with Crippen molar-refractivity contribution in [3.63, 3.8) is 0 Å². The fraction of sp³-hybridized carbons (Fsp3) is 0. The number of thiophene rings is 2. The Kier molecular flexibility index (Phi) is 7.99. The molecule has 62 heavy (non-hydrogen) atoms. The molecule has 0 amide bonds. The molecule has 2 nitrogen and oxygen atoms in total. The molecule has 0 aliphatic carbocycles. The van der Waals surface area contributed by atoms with Crippen LogP contribution < -0.4 is 4.90 Å². The monoisotopic (exact) mass is 825 g/mol. The van der Waals surface area contributed by atoms with Crippen molar-refractivity contribution in [2.75, 3.05) is 4.90 Å². The summed E-state index contributed by atoms with van der Waals surface area (Å²) in [5.41, 5.74) is 9.92. The lowest BCUT2D eigenvalue weighted by atomic mass is 9.91. The van der Waals surface area contributed by atoms with Crippen molar-refractivity contribution in [1.29, 1.82) is 0 Å². The van der Waals surface area contributed by atoms with Crippen molar-refractivity contribution in [2.45, 2.75) is 0 Å². The van der Waals surface area contributed by atoms with Crippen LogP contribution in [0.1, 0.15) is 0 Å². The summed E-state index contributed by atoms with van der Waals surface area (Å²) >= 11 is 3.72. The Morgan fingerprint density at radius 2 is 0.774 bits per heavy atom. The van der Waals surface area contributed by atoms with Crippen molar-refractivity contribution in [1.82, 2.24) is 0 Å². The van der Waals surface area contributed by atoms with Crippen LogP contribution in [0.2, 0.25) is 0 Å². The van der Waals surface area contributed by atoms with E-state index in [-0.39, 0.29) is 0 Å². The van der Waals surface area contributed by atoms with Crippen LogP contribution in [0.15, 0.2) is 217 Å². The first-order valence-electron chi connectivity index (χ1n) is 21.0. The lowest BCUT2D eigenvalue weighted by Crippen LogP contribution is -2.09. The van der Waals surface area contributed by atoms with Gasteiger partial charge in [0.1, 0.15) is 11.3 Å². The Balaban J connectivity index is 0.976. The maximum absolute atomic E-state index is 7.09. The number of hydrogen-bond donors (Lipinski definition) is 0. The third-order valence-electron chi connectivity index (χ3n) is 12.5. The van der Waals surface area contributed by atoms with Gasteiger partial charge in [-0.3, -0.25) is 0 Å². The molecule has 0 radical (unpaired) electrons. The standard InChI is InChI=1S/C58H35NOS2/c1-3-13-37(14-4-1)55-56-49-20-8-7-17-43(49)44-30-25-39(33-50(44)58(56)60-57(55)38-15-5-2-6-16-38)36-23-26-40(27-24-36)59(41-28-31-47-45-18-9-11-21-51(45)61-53(47)34-41)42-29-32-48-46-19-10-12-22-52(46)62-54(48)35-42/h1-35H. The van der Waals surface area contributed by atoms with Crippen LogP contribution in [0, 0.1) is 0 Å². The molecule has 0 aliphatic rings. The van der Waals surface area contributed by atoms with Crippen molar-refractivity contribution in [3.05, 3.63) is 212 Å². The highest BCUT2D eigenvalue weighted by atomic mass is 32.1. The minimum atomic E-state index is 0.891. The quantitative estimate of drug-likeness (QED) is 0.155. The minimum Gasteiger partial charge on any atom is -0.455 e. The van der Waals surface area contributed by atoms with Gasteiger partial charge in [-0.15, -0.1) is 22.7 Å². The smallest absolute Gasteiger partial charge is 0.143 e. The average molecular weight is 826 g/mol. The number of benzene rings is 10. The summed E-state index contributed by atoms with van der Waals surface area (Å²) in [5, 5.41) is 11.1. The number of anilines is 3. The van der Waals surface area contributed by atoms with Crippen molar-refractivity contribution < 1.29 is 4.42 Å². The molecule has 290 valence electrons. The molecule has 10 aromatic carbocycles. The van der Waals surface area contributed by atoms with Crippen LogP contribution in [0.4, 0.5) is 17.1 Å². The molecule has 0 fully saturated rings. The normalized spacial score (nSPS) is 11.9. The van der Waals surface area contributed by atoms with E-state index >= 15 is 0 Å². The van der Waals surface area contributed by atoms with E-state index in [2.05, 4.69) is 217 Å². The summed E-state index contributed by atoms with van der Waals surface area (Å²) in [6.07, 6.45) is 0. The second-order valence-corrected chi connectivity index (χ2v) is 18.2. The average Bonchev–Trinajstić information content (AvgIpc) is 4.04. The summed E-state index contributed by atoms with van der Waals surface area (Å²) in [7, 11) is 0. The van der Waals surface area contributed by atoms with Gasteiger partial charge in [0, 0.05) is 79.3 Å². The van der Waals surface area contributed by atoms with Crippen LogP contribution in [0.3, 0.4) is 0 Å². The first kappa shape index (κ1) is 35.3. The van der Waals surface area contributed by atoms with Crippen LogP contribution >= 0.6 is 22.7 Å². The SMILES string of the molecule is c1ccc(-c2oc3c4cc(-c5ccc(N(c6ccc7c(c6)sc6ccccc67)c6ccc7c(c6)sc6ccccc67)cc5)ccc4c4ccccc4c3c2-c2ccccc2)cc1. The van der Waals surface area contributed by atoms with E-state index in [0.29, 0.717) is 0 Å². The molecule has 0 bridgehead atoms. The van der Waals surface area contributed by atoms with Gasteiger partial charge in [0.05, 0.1) is 0 Å². The van der Waals surface area contributed by atoms with Gasteiger partial charge in [-0.25, -0.2) is 0 Å². The maximum Gasteiger partial charge on any atom is 0.143 e. The summed E-state index contributed by atoms with van der Waals surface area (Å²) < 4.78 is 12.3. The molecule has 0 aliphatic heterocycles. The first-order chi connectivity index (χ1) is 30.7. The van der Waals surface area contributed by atoms with Crippen LogP contribution in [-0.4, -0.2) is 0 Å². The predicted molar refractivity (Wildman–Crippen MR) is 268 cm³/mol. The van der Waals surface area contributed by atoms with E-state index in [9.17, 15) is 0 Å². The summed E-state index contributed by atoms with van der Waals surface area (Å²) in [4.78, 5) is 2.41. The zero-order valence-corrected chi connectivity index (χ0v) is 35.0. The third kappa shape index (κ3) is 5.54. The Morgan fingerprint density at radius 1 is 0.306 bits per heavy atom. The number of nitrogens with zero attached hydrogens (tertiary/aromatic N) is 1. The summed E-state index contributed by atoms with van der Waals surface area (Å²) in [6, 6.07) is 77.2. The Labute approximate surface area is 365 Å². The highest BCUT2D eigenvalue weighted by Crippen LogP contribution is 2.48. The zero-order chi connectivity index (χ0) is 40.7. The molecular formula is C58H35NOS2. The summed E-state index contributed by atoms with van der Waals surface area (Å²) in [6.45, 7) is 0. The second kappa shape index (κ2) is 14.0. The number of rotatable bonds is 6. The molecule has 0 spiro atoms. The van der Waals surface area contributed by atoms with Gasteiger partial charge >= 0.3 is 0 Å². The number of furan rings is 1. The molecule has 0 atom stereocenters. The van der Waals surface area contributed by atoms with E-state index in [4.69, 9.17) is 4.42 Å². The van der Waals surface area contributed by atoms with E-state index < -0.39 is 0 Å². The highest BCUT2D eigenvalue weighted by Gasteiger charge is 2.23. The molecular weight excluding hydrogens is 791 g/mol. The van der Waals surface area contributed by atoms with Gasteiger partial charge in [-0.1, -0.05) is 158 Å². The van der Waals surface area contributed by atoms with Gasteiger partial charge in [0.25, 0.3) is 0 Å².